The van der Waals surface area contributed by atoms with Crippen LogP contribution < -0.4 is 14.4 Å². The van der Waals surface area contributed by atoms with Gasteiger partial charge in [-0.3, -0.25) is 9.59 Å². The van der Waals surface area contributed by atoms with E-state index in [9.17, 15) is 26.8 Å². The number of likely N-dealkylation sites (tertiary alicyclic amines) is 1. The number of benzene rings is 2. The summed E-state index contributed by atoms with van der Waals surface area (Å²) >= 11 is 6.34. The zero-order valence-electron chi connectivity index (χ0n) is 29.1. The van der Waals surface area contributed by atoms with Gasteiger partial charge in [0.15, 0.2) is 0 Å². The first-order chi connectivity index (χ1) is 24.4. The quantitative estimate of drug-likeness (QED) is 0.339. The Morgan fingerprint density at radius 3 is 2.61 bits per heavy atom. The van der Waals surface area contributed by atoms with Gasteiger partial charge in [-0.25, -0.2) is 21.9 Å². The minimum atomic E-state index is -3.99. The van der Waals surface area contributed by atoms with Crippen molar-refractivity contribution in [3.05, 3.63) is 70.3 Å². The van der Waals surface area contributed by atoms with Gasteiger partial charge >= 0.3 is 0 Å². The number of fused-ring (bicyclic) bond motifs is 3. The summed E-state index contributed by atoms with van der Waals surface area (Å²) in [6.45, 7) is 3.20. The molecular weight excluding hydrogens is 700 g/mol. The van der Waals surface area contributed by atoms with Crippen molar-refractivity contribution in [2.75, 3.05) is 37.7 Å². The molecule has 2 aromatic rings. The highest BCUT2D eigenvalue weighted by molar-refractivity contribution is 7.90. The molecule has 2 fully saturated rings. The Labute approximate surface area is 304 Å². The number of piperidine rings is 1. The van der Waals surface area contributed by atoms with E-state index in [1.807, 2.05) is 30.4 Å². The number of hydrogen-bond donors (Lipinski definition) is 1. The number of carbonyl (C=O) groups is 2. The number of aryl methyl sites for hydroxylation is 1. The van der Waals surface area contributed by atoms with Crippen molar-refractivity contribution in [1.29, 1.82) is 0 Å². The molecule has 0 spiro atoms. The highest BCUT2D eigenvalue weighted by atomic mass is 35.5. The number of carbonyl (C=O) groups excluding carboxylic acids is 2. The fraction of sp³-hybridized carbons (Fsp3) is 0.579. The summed E-state index contributed by atoms with van der Waals surface area (Å²) in [5.41, 5.74) is 3.11. The SMILES string of the molecule is CC[C@@H]1CC/C=C/[C@H](OCC(=O)N2CCC(F)(F)CC2)[C@@H]2CC[C@H]2CN2CCCCc3cc(Cl)ccc3COc3ccc(cc32)C(=O)NS1(=O)=O. The summed E-state index contributed by atoms with van der Waals surface area (Å²) in [5.74, 6) is -2.86. The molecule has 13 heteroatoms. The summed E-state index contributed by atoms with van der Waals surface area (Å²) in [5, 5.41) is -0.117. The zero-order valence-corrected chi connectivity index (χ0v) is 30.7. The molecule has 6 rings (SSSR count). The third-order valence-corrected chi connectivity index (χ3v) is 13.1. The third-order valence-electron chi connectivity index (χ3n) is 10.9. The van der Waals surface area contributed by atoms with Gasteiger partial charge in [-0.1, -0.05) is 36.7 Å². The molecular formula is C38H48ClF2N3O6S. The molecule has 3 heterocycles. The van der Waals surface area contributed by atoms with Crippen molar-refractivity contribution < 1.29 is 36.3 Å². The normalized spacial score (nSPS) is 27.3. The second kappa shape index (κ2) is 16.2. The number of sulfonamides is 1. The van der Waals surface area contributed by atoms with Crippen LogP contribution in [0.15, 0.2) is 48.6 Å². The number of hydrogen-bond acceptors (Lipinski definition) is 7. The van der Waals surface area contributed by atoms with E-state index in [4.69, 9.17) is 21.1 Å². The molecule has 4 aliphatic rings. The fourth-order valence-corrected chi connectivity index (χ4v) is 9.27. The average molecular weight is 748 g/mol. The van der Waals surface area contributed by atoms with E-state index < -0.39 is 33.2 Å². The molecule has 2 bridgehead atoms. The van der Waals surface area contributed by atoms with Gasteiger partial charge in [-0.2, -0.15) is 0 Å². The number of nitrogens with zero attached hydrogens (tertiary/aromatic N) is 2. The number of ether oxygens (including phenoxy) is 2. The molecule has 9 nitrogen and oxygen atoms in total. The number of rotatable bonds is 4. The highest BCUT2D eigenvalue weighted by Gasteiger charge is 2.40. The molecule has 1 saturated heterocycles. The molecule has 1 saturated carbocycles. The van der Waals surface area contributed by atoms with E-state index in [-0.39, 0.29) is 55.8 Å². The molecule has 1 N–H and O–H groups in total. The van der Waals surface area contributed by atoms with Gasteiger partial charge < -0.3 is 19.3 Å². The first-order valence-corrected chi connectivity index (χ1v) is 20.1. The Morgan fingerprint density at radius 1 is 1.06 bits per heavy atom. The van der Waals surface area contributed by atoms with Crippen LogP contribution in [0.1, 0.15) is 86.2 Å². The van der Waals surface area contributed by atoms with E-state index in [0.29, 0.717) is 55.4 Å². The number of alkyl halides is 2. The lowest BCUT2D eigenvalue weighted by atomic mass is 9.70. The van der Waals surface area contributed by atoms with Gasteiger partial charge in [-0.15, -0.1) is 0 Å². The molecule has 2 amide bonds. The average Bonchev–Trinajstić information content (AvgIpc) is 3.11. The van der Waals surface area contributed by atoms with Crippen LogP contribution in [0, 0.1) is 11.8 Å². The predicted molar refractivity (Wildman–Crippen MR) is 193 cm³/mol. The van der Waals surface area contributed by atoms with Crippen LogP contribution in [0.2, 0.25) is 5.02 Å². The predicted octanol–water partition coefficient (Wildman–Crippen LogP) is 6.92. The van der Waals surface area contributed by atoms with Crippen molar-refractivity contribution >= 4 is 39.1 Å². The lowest BCUT2D eigenvalue weighted by Crippen LogP contribution is -2.47. The van der Waals surface area contributed by atoms with E-state index in [1.165, 1.54) is 4.90 Å². The second-order valence-electron chi connectivity index (χ2n) is 14.3. The van der Waals surface area contributed by atoms with Crippen LogP contribution in [0.3, 0.4) is 0 Å². The monoisotopic (exact) mass is 747 g/mol. The molecule has 1 aliphatic carbocycles. The molecule has 0 radical (unpaired) electrons. The van der Waals surface area contributed by atoms with Crippen LogP contribution in [0.5, 0.6) is 5.75 Å². The van der Waals surface area contributed by atoms with Gasteiger partial charge in [-0.05, 0) is 105 Å². The van der Waals surface area contributed by atoms with Crippen molar-refractivity contribution in [3.63, 3.8) is 0 Å². The maximum absolute atomic E-state index is 13.8. The number of amides is 2. The lowest BCUT2D eigenvalue weighted by molar-refractivity contribution is -0.145. The Kier molecular flexibility index (Phi) is 11.9. The minimum Gasteiger partial charge on any atom is -0.487 e. The Bertz CT molecular complexity index is 1710. The first kappa shape index (κ1) is 37.5. The van der Waals surface area contributed by atoms with E-state index in [2.05, 4.69) is 9.62 Å². The maximum Gasteiger partial charge on any atom is 0.264 e. The highest BCUT2D eigenvalue weighted by Crippen LogP contribution is 2.42. The van der Waals surface area contributed by atoms with Crippen LogP contribution >= 0.6 is 11.6 Å². The van der Waals surface area contributed by atoms with Crippen molar-refractivity contribution in [1.82, 2.24) is 9.62 Å². The summed E-state index contributed by atoms with van der Waals surface area (Å²) in [6.07, 6.45) is 8.22. The van der Waals surface area contributed by atoms with E-state index >= 15 is 0 Å². The smallest absolute Gasteiger partial charge is 0.264 e. The second-order valence-corrected chi connectivity index (χ2v) is 16.7. The number of nitrogens with one attached hydrogen (secondary N) is 1. The summed E-state index contributed by atoms with van der Waals surface area (Å²) in [7, 11) is -3.99. The van der Waals surface area contributed by atoms with Crippen LogP contribution in [0.25, 0.3) is 0 Å². The van der Waals surface area contributed by atoms with Crippen molar-refractivity contribution in [2.24, 2.45) is 11.8 Å². The van der Waals surface area contributed by atoms with Gasteiger partial charge in [0.25, 0.3) is 11.8 Å². The van der Waals surface area contributed by atoms with E-state index in [0.717, 1.165) is 43.2 Å². The summed E-state index contributed by atoms with van der Waals surface area (Å²) in [6, 6.07) is 10.9. The van der Waals surface area contributed by atoms with Gasteiger partial charge in [0.05, 0.1) is 17.0 Å². The number of allylic oxidation sites excluding steroid dienone is 1. The number of halogens is 3. The molecule has 2 aromatic carbocycles. The molecule has 0 aromatic heterocycles. The van der Waals surface area contributed by atoms with Crippen molar-refractivity contribution in [3.8, 4) is 5.75 Å². The van der Waals surface area contributed by atoms with Crippen molar-refractivity contribution in [2.45, 2.75) is 95.0 Å². The topological polar surface area (TPSA) is 105 Å². The minimum absolute atomic E-state index is 0.00171. The molecule has 0 unspecified atom stereocenters. The Hall–Kier alpha value is -3.22. The van der Waals surface area contributed by atoms with Crippen LogP contribution in [-0.4, -0.2) is 75.2 Å². The first-order valence-electron chi connectivity index (χ1n) is 18.2. The van der Waals surface area contributed by atoms with Crippen LogP contribution in [0.4, 0.5) is 14.5 Å². The Morgan fingerprint density at radius 2 is 1.86 bits per heavy atom. The molecule has 278 valence electrons. The lowest BCUT2D eigenvalue weighted by Gasteiger charge is -2.44. The van der Waals surface area contributed by atoms with E-state index in [1.54, 1.807) is 25.1 Å². The summed E-state index contributed by atoms with van der Waals surface area (Å²) in [4.78, 5) is 30.2. The largest absolute Gasteiger partial charge is 0.487 e. The molecule has 3 aliphatic heterocycles. The molecule has 4 atom stereocenters. The number of anilines is 1. The molecule has 51 heavy (non-hydrogen) atoms. The zero-order chi connectivity index (χ0) is 36.2. The fourth-order valence-electron chi connectivity index (χ4n) is 7.64. The Balaban J connectivity index is 1.30. The van der Waals surface area contributed by atoms with Gasteiger partial charge in [0, 0.05) is 49.6 Å². The third kappa shape index (κ3) is 9.24. The van der Waals surface area contributed by atoms with Gasteiger partial charge in [0.2, 0.25) is 15.9 Å². The standard InChI is InChI=1S/C38H48ClF2N3O6S/c1-2-31-8-3-4-9-34(50-25-36(45)43-19-16-38(40,41)17-20-43)32-14-11-28(32)23-44-18-6-5-7-26-21-30(39)13-10-29(26)24-49-35-15-12-27(22-33(35)44)37(46)42-51(31,47)48/h4,9-10,12-13,15,21-22,28,31-32,34H,2-3,5-8,11,14,16-20,23-25H2,1H3,(H,42,46)/b9-4+/t28-,31+,32+,34-/m0/s1. The summed E-state index contributed by atoms with van der Waals surface area (Å²) < 4.78 is 69.4. The van der Waals surface area contributed by atoms with Gasteiger partial charge in [0.1, 0.15) is 19.0 Å². The maximum atomic E-state index is 13.8. The van der Waals surface area contributed by atoms with Crippen LogP contribution in [-0.2, 0) is 32.6 Å².